The maximum Gasteiger partial charge on any atom is 0.299 e. The molecule has 6 heteroatoms. The zero-order valence-electron chi connectivity index (χ0n) is 5.32. The summed E-state index contributed by atoms with van der Waals surface area (Å²) in [7, 11) is -3.54. The maximum atomic E-state index is 10.6. The molecule has 1 rings (SSSR count). The van der Waals surface area contributed by atoms with Gasteiger partial charge in [-0.1, -0.05) is 6.08 Å². The lowest BCUT2D eigenvalue weighted by atomic mass is 10.5. The monoisotopic (exact) mass is 163 g/mol. The number of nitrogens with two attached hydrogens (primary N) is 1. The first-order valence-corrected chi connectivity index (χ1v) is 4.28. The van der Waals surface area contributed by atoms with Gasteiger partial charge in [0.15, 0.2) is 0 Å². The van der Waals surface area contributed by atoms with E-state index in [9.17, 15) is 8.42 Å². The molecule has 0 radical (unpaired) electrons. The van der Waals surface area contributed by atoms with Crippen molar-refractivity contribution in [2.45, 2.75) is 0 Å². The van der Waals surface area contributed by atoms with Crippen LogP contribution >= 0.6 is 0 Å². The number of nitrogens with zero attached hydrogens (tertiary/aromatic N) is 1. The highest BCUT2D eigenvalue weighted by Gasteiger charge is 2.12. The maximum absolute atomic E-state index is 10.6. The molecule has 58 valence electrons. The van der Waals surface area contributed by atoms with Crippen molar-refractivity contribution in [2.75, 3.05) is 13.2 Å². The van der Waals surface area contributed by atoms with E-state index >= 15 is 0 Å². The van der Waals surface area contributed by atoms with E-state index in [1.165, 1.54) is 6.20 Å². The van der Waals surface area contributed by atoms with Crippen LogP contribution in [0.25, 0.3) is 0 Å². The number of rotatable bonds is 1. The van der Waals surface area contributed by atoms with Crippen molar-refractivity contribution >= 4 is 10.2 Å². The summed E-state index contributed by atoms with van der Waals surface area (Å²) in [5.74, 6) is 0. The molecule has 0 aliphatic carbocycles. The molecular weight excluding hydrogens is 154 g/mol. The van der Waals surface area contributed by atoms with E-state index in [1.807, 2.05) is 0 Å². The van der Waals surface area contributed by atoms with Crippen LogP contribution in [-0.2, 0) is 10.2 Å². The largest absolute Gasteiger partial charge is 0.299 e. The van der Waals surface area contributed by atoms with Gasteiger partial charge in [0.2, 0.25) is 0 Å². The molecule has 0 amide bonds. The molecule has 0 aromatic rings. The van der Waals surface area contributed by atoms with E-state index in [0.717, 1.165) is 4.31 Å². The second-order valence-corrected chi connectivity index (χ2v) is 3.43. The van der Waals surface area contributed by atoms with Crippen LogP contribution in [0.4, 0.5) is 0 Å². The average Bonchev–Trinajstić information content (AvgIpc) is 1.88. The smallest absolute Gasteiger partial charge is 0.295 e. The Labute approximate surface area is 59.7 Å². The first-order valence-electron chi connectivity index (χ1n) is 2.77. The summed E-state index contributed by atoms with van der Waals surface area (Å²) in [6.07, 6.45) is 3.14. The first kappa shape index (κ1) is 7.52. The van der Waals surface area contributed by atoms with Crippen LogP contribution in [0.2, 0.25) is 0 Å². The summed E-state index contributed by atoms with van der Waals surface area (Å²) in [5, 5.41) is 7.64. The molecule has 0 saturated carbocycles. The van der Waals surface area contributed by atoms with Gasteiger partial charge < -0.3 is 0 Å². The molecule has 0 unspecified atom stereocenters. The van der Waals surface area contributed by atoms with Gasteiger partial charge >= 0.3 is 0 Å². The van der Waals surface area contributed by atoms with Crippen molar-refractivity contribution in [3.8, 4) is 0 Å². The van der Waals surface area contributed by atoms with E-state index in [-0.39, 0.29) is 6.67 Å². The predicted octanol–water partition coefficient (Wildman–Crippen LogP) is -1.43. The number of hydrogen-bond donors (Lipinski definition) is 2. The summed E-state index contributed by atoms with van der Waals surface area (Å²) in [6, 6.07) is 0. The van der Waals surface area contributed by atoms with Gasteiger partial charge in [0.25, 0.3) is 10.2 Å². The molecule has 1 heterocycles. The fourth-order valence-electron chi connectivity index (χ4n) is 0.656. The minimum Gasteiger partial charge on any atom is -0.295 e. The summed E-state index contributed by atoms with van der Waals surface area (Å²) < 4.78 is 22.2. The molecule has 0 aromatic carbocycles. The zero-order chi connectivity index (χ0) is 7.61. The van der Waals surface area contributed by atoms with Crippen molar-refractivity contribution < 1.29 is 8.42 Å². The van der Waals surface area contributed by atoms with Crippen LogP contribution < -0.4 is 10.5 Å². The Morgan fingerprint density at radius 2 is 2.30 bits per heavy atom. The van der Waals surface area contributed by atoms with Crippen LogP contribution in [0.3, 0.4) is 0 Å². The molecule has 1 aliphatic heterocycles. The van der Waals surface area contributed by atoms with Crippen molar-refractivity contribution in [1.82, 2.24) is 9.62 Å². The fourth-order valence-corrected chi connectivity index (χ4v) is 1.18. The van der Waals surface area contributed by atoms with E-state index in [0.29, 0.717) is 6.54 Å². The lowest BCUT2D eigenvalue weighted by Crippen LogP contribution is -2.41. The van der Waals surface area contributed by atoms with Crippen LogP contribution in [0.1, 0.15) is 0 Å². The molecule has 0 spiro atoms. The first-order chi connectivity index (χ1) is 4.61. The summed E-state index contributed by atoms with van der Waals surface area (Å²) in [5.41, 5.74) is 0. The lowest BCUT2D eigenvalue weighted by molar-refractivity contribution is 0.456. The molecule has 5 nitrogen and oxygen atoms in total. The number of nitrogens with one attached hydrogen (secondary N) is 1. The van der Waals surface area contributed by atoms with Crippen molar-refractivity contribution in [3.05, 3.63) is 12.3 Å². The quantitative estimate of drug-likeness (QED) is 0.497. The van der Waals surface area contributed by atoms with Gasteiger partial charge in [-0.2, -0.15) is 8.42 Å². The highest BCUT2D eigenvalue weighted by molar-refractivity contribution is 7.86. The van der Waals surface area contributed by atoms with Gasteiger partial charge in [0.1, 0.15) is 0 Å². The summed E-state index contributed by atoms with van der Waals surface area (Å²) in [6.45, 7) is 0.946. The summed E-state index contributed by atoms with van der Waals surface area (Å²) >= 11 is 0. The number of hydrogen-bond acceptors (Lipinski definition) is 3. The fraction of sp³-hybridized carbons (Fsp3) is 0.500. The van der Waals surface area contributed by atoms with Crippen molar-refractivity contribution in [3.63, 3.8) is 0 Å². The van der Waals surface area contributed by atoms with E-state index < -0.39 is 10.2 Å². The molecule has 0 atom stereocenters. The highest BCUT2D eigenvalue weighted by Crippen LogP contribution is 1.96. The van der Waals surface area contributed by atoms with Gasteiger partial charge in [0.05, 0.1) is 6.67 Å². The third kappa shape index (κ3) is 1.69. The topological polar surface area (TPSA) is 75.4 Å². The van der Waals surface area contributed by atoms with Gasteiger partial charge in [-0.25, -0.2) is 5.14 Å². The normalized spacial score (nSPS) is 19.5. The van der Waals surface area contributed by atoms with Gasteiger partial charge in [-0.05, 0) is 0 Å². The molecular formula is C4H9N3O2S. The van der Waals surface area contributed by atoms with Crippen LogP contribution in [-0.4, -0.2) is 25.9 Å². The summed E-state index contributed by atoms with van der Waals surface area (Å²) in [4.78, 5) is 0. The average molecular weight is 163 g/mol. The predicted molar refractivity (Wildman–Crippen MR) is 37.0 cm³/mol. The Hall–Kier alpha value is -0.590. The molecule has 0 aromatic heterocycles. The molecule has 0 bridgehead atoms. The Morgan fingerprint density at radius 1 is 1.60 bits per heavy atom. The standard InChI is InChI=1S/C4H9N3O2S/c5-10(8,9)7-3-1-2-6-4-7/h1,3,6H,2,4H2,(H2,5,8,9). The SMILES string of the molecule is NS(=O)(=O)N1C=CCNC1. The zero-order valence-corrected chi connectivity index (χ0v) is 6.13. The van der Waals surface area contributed by atoms with Crippen molar-refractivity contribution in [1.29, 1.82) is 0 Å². The molecule has 10 heavy (non-hydrogen) atoms. The Morgan fingerprint density at radius 3 is 2.60 bits per heavy atom. The second-order valence-electron chi connectivity index (χ2n) is 1.93. The third-order valence-electron chi connectivity index (χ3n) is 1.13. The van der Waals surface area contributed by atoms with Gasteiger partial charge in [-0.3, -0.25) is 9.62 Å². The van der Waals surface area contributed by atoms with Crippen LogP contribution in [0.15, 0.2) is 12.3 Å². The van der Waals surface area contributed by atoms with E-state index in [4.69, 9.17) is 5.14 Å². The van der Waals surface area contributed by atoms with Gasteiger partial charge in [-0.15, -0.1) is 0 Å². The van der Waals surface area contributed by atoms with Crippen LogP contribution in [0, 0.1) is 0 Å². The minimum atomic E-state index is -3.54. The second kappa shape index (κ2) is 2.57. The third-order valence-corrected chi connectivity index (χ3v) is 2.03. The minimum absolute atomic E-state index is 0.259. The lowest BCUT2D eigenvalue weighted by Gasteiger charge is -2.20. The molecule has 3 N–H and O–H groups in total. The van der Waals surface area contributed by atoms with Crippen LogP contribution in [0.5, 0.6) is 0 Å². The van der Waals surface area contributed by atoms with Gasteiger partial charge in [0, 0.05) is 12.7 Å². The Balaban J connectivity index is 2.74. The molecule has 1 aliphatic rings. The highest BCUT2D eigenvalue weighted by atomic mass is 32.2. The van der Waals surface area contributed by atoms with Crippen molar-refractivity contribution in [2.24, 2.45) is 5.14 Å². The van der Waals surface area contributed by atoms with E-state index in [2.05, 4.69) is 5.32 Å². The molecule has 0 fully saturated rings. The molecule has 0 saturated heterocycles. The Bertz CT molecular complexity index is 233. The Kier molecular flexibility index (Phi) is 1.93. The van der Waals surface area contributed by atoms with E-state index in [1.54, 1.807) is 6.08 Å².